The third-order valence-corrected chi connectivity index (χ3v) is 3.37. The predicted octanol–water partition coefficient (Wildman–Crippen LogP) is 2.23. The highest BCUT2D eigenvalue weighted by Crippen LogP contribution is 2.12. The first-order chi connectivity index (χ1) is 9.19. The summed E-state index contributed by atoms with van der Waals surface area (Å²) in [5, 5.41) is 8.38. The van der Waals surface area contributed by atoms with Crippen LogP contribution in [0.2, 0.25) is 5.02 Å². The first-order valence-electron chi connectivity index (χ1n) is 6.49. The predicted molar refractivity (Wildman–Crippen MR) is 77.3 cm³/mol. The van der Waals surface area contributed by atoms with Gasteiger partial charge in [0.2, 0.25) is 0 Å². The average molecular weight is 279 g/mol. The number of rotatable bonds is 6. The normalized spacial score (nSPS) is 12.6. The Morgan fingerprint density at radius 2 is 2.00 bits per heavy atom. The fourth-order valence-electron chi connectivity index (χ4n) is 2.14. The maximum Gasteiger partial charge on any atom is 0.138 e. The molecule has 19 heavy (non-hydrogen) atoms. The van der Waals surface area contributed by atoms with Gasteiger partial charge in [-0.25, -0.2) is 4.98 Å². The quantitative estimate of drug-likeness (QED) is 0.881. The Balaban J connectivity index is 2.03. The van der Waals surface area contributed by atoms with Crippen LogP contribution < -0.4 is 5.32 Å². The minimum Gasteiger partial charge on any atom is -0.313 e. The van der Waals surface area contributed by atoms with Crippen molar-refractivity contribution in [1.82, 2.24) is 20.1 Å². The van der Waals surface area contributed by atoms with Crippen molar-refractivity contribution in [2.45, 2.75) is 25.8 Å². The zero-order valence-corrected chi connectivity index (χ0v) is 12.1. The topological polar surface area (TPSA) is 42.7 Å². The van der Waals surface area contributed by atoms with Gasteiger partial charge in [0.1, 0.15) is 12.2 Å². The van der Waals surface area contributed by atoms with Gasteiger partial charge in [-0.15, -0.1) is 0 Å². The first-order valence-corrected chi connectivity index (χ1v) is 6.87. The zero-order chi connectivity index (χ0) is 13.7. The second-order valence-corrected chi connectivity index (χ2v) is 5.03. The van der Waals surface area contributed by atoms with Gasteiger partial charge in [-0.05, 0) is 30.7 Å². The van der Waals surface area contributed by atoms with Crippen LogP contribution in [0.4, 0.5) is 0 Å². The van der Waals surface area contributed by atoms with Crippen molar-refractivity contribution in [3.8, 4) is 0 Å². The van der Waals surface area contributed by atoms with Gasteiger partial charge in [-0.2, -0.15) is 5.10 Å². The van der Waals surface area contributed by atoms with Crippen molar-refractivity contribution in [1.29, 1.82) is 0 Å². The van der Waals surface area contributed by atoms with E-state index in [1.54, 1.807) is 6.33 Å². The molecule has 0 saturated heterocycles. The number of hydrogen-bond acceptors (Lipinski definition) is 3. The molecule has 1 unspecified atom stereocenters. The van der Waals surface area contributed by atoms with Crippen LogP contribution in [0.3, 0.4) is 0 Å². The second-order valence-electron chi connectivity index (χ2n) is 4.59. The lowest BCUT2D eigenvalue weighted by Crippen LogP contribution is -2.34. The molecule has 5 heteroatoms. The molecule has 0 radical (unpaired) electrons. The molecule has 4 nitrogen and oxygen atoms in total. The monoisotopic (exact) mass is 278 g/mol. The van der Waals surface area contributed by atoms with Gasteiger partial charge in [-0.1, -0.05) is 30.7 Å². The number of aryl methyl sites for hydroxylation is 1. The van der Waals surface area contributed by atoms with Gasteiger partial charge in [0.25, 0.3) is 0 Å². The highest BCUT2D eigenvalue weighted by Gasteiger charge is 2.12. The smallest absolute Gasteiger partial charge is 0.138 e. The van der Waals surface area contributed by atoms with E-state index in [0.717, 1.165) is 30.2 Å². The number of halogens is 1. The summed E-state index contributed by atoms with van der Waals surface area (Å²) in [5.74, 6) is 1.000. The Morgan fingerprint density at radius 1 is 1.26 bits per heavy atom. The molecule has 0 amide bonds. The van der Waals surface area contributed by atoms with Crippen LogP contribution in [-0.4, -0.2) is 27.4 Å². The fraction of sp³-hybridized carbons (Fsp3) is 0.429. The molecule has 0 aliphatic heterocycles. The lowest BCUT2D eigenvalue weighted by Gasteiger charge is -2.17. The molecule has 0 aliphatic carbocycles. The minimum atomic E-state index is 0.356. The number of aromatic nitrogens is 3. The number of nitrogens with one attached hydrogen (secondary N) is 1. The second kappa shape index (κ2) is 6.68. The van der Waals surface area contributed by atoms with Crippen LogP contribution in [0.25, 0.3) is 0 Å². The van der Waals surface area contributed by atoms with E-state index in [-0.39, 0.29) is 0 Å². The summed E-state index contributed by atoms with van der Waals surface area (Å²) in [5.41, 5.74) is 1.28. The average Bonchev–Trinajstić information content (AvgIpc) is 2.78. The molecule has 1 atom stereocenters. The van der Waals surface area contributed by atoms with Crippen LogP contribution in [0.1, 0.15) is 18.3 Å². The van der Waals surface area contributed by atoms with E-state index < -0.39 is 0 Å². The van der Waals surface area contributed by atoms with E-state index in [1.165, 1.54) is 5.56 Å². The number of benzene rings is 1. The molecule has 1 aromatic carbocycles. The van der Waals surface area contributed by atoms with Gasteiger partial charge < -0.3 is 5.32 Å². The summed E-state index contributed by atoms with van der Waals surface area (Å²) in [4.78, 5) is 4.28. The molecule has 102 valence electrons. The van der Waals surface area contributed by atoms with Crippen molar-refractivity contribution in [3.05, 3.63) is 47.0 Å². The van der Waals surface area contributed by atoms with Crippen LogP contribution in [0.15, 0.2) is 30.6 Å². The van der Waals surface area contributed by atoms with Crippen molar-refractivity contribution in [3.63, 3.8) is 0 Å². The molecule has 2 aromatic rings. The SMILES string of the molecule is CCNC(Cc1ccc(Cl)cc1)Cc1ncnn1C. The number of likely N-dealkylation sites (N-methyl/N-ethyl adjacent to an activating group) is 1. The Hall–Kier alpha value is -1.39. The molecular formula is C14H19ClN4. The standard InChI is InChI=1S/C14H19ClN4/c1-3-16-13(9-14-17-10-18-19(14)2)8-11-4-6-12(15)7-5-11/h4-7,10,13,16H,3,8-9H2,1-2H3. The van der Waals surface area contributed by atoms with Crippen LogP contribution in [0, 0.1) is 0 Å². The lowest BCUT2D eigenvalue weighted by atomic mass is 10.0. The van der Waals surface area contributed by atoms with Crippen LogP contribution in [-0.2, 0) is 19.9 Å². The van der Waals surface area contributed by atoms with Gasteiger partial charge in [0.05, 0.1) is 0 Å². The van der Waals surface area contributed by atoms with E-state index in [1.807, 2.05) is 23.9 Å². The molecule has 1 N–H and O–H groups in total. The minimum absolute atomic E-state index is 0.356. The molecule has 0 spiro atoms. The van der Waals surface area contributed by atoms with Crippen molar-refractivity contribution >= 4 is 11.6 Å². The summed E-state index contributed by atoms with van der Waals surface area (Å²) in [6.45, 7) is 3.06. The fourth-order valence-corrected chi connectivity index (χ4v) is 2.26. The van der Waals surface area contributed by atoms with Gasteiger partial charge in [0.15, 0.2) is 0 Å². The largest absolute Gasteiger partial charge is 0.313 e. The lowest BCUT2D eigenvalue weighted by molar-refractivity contribution is 0.499. The van der Waals surface area contributed by atoms with E-state index in [9.17, 15) is 0 Å². The van der Waals surface area contributed by atoms with Crippen molar-refractivity contribution < 1.29 is 0 Å². The van der Waals surface area contributed by atoms with Crippen molar-refractivity contribution in [2.24, 2.45) is 7.05 Å². The highest BCUT2D eigenvalue weighted by atomic mass is 35.5. The van der Waals surface area contributed by atoms with E-state index in [0.29, 0.717) is 6.04 Å². The number of hydrogen-bond donors (Lipinski definition) is 1. The molecule has 0 bridgehead atoms. The molecule has 1 heterocycles. The third-order valence-electron chi connectivity index (χ3n) is 3.12. The number of nitrogens with zero attached hydrogens (tertiary/aromatic N) is 3. The maximum atomic E-state index is 5.91. The molecule has 2 rings (SSSR count). The Morgan fingerprint density at radius 3 is 2.58 bits per heavy atom. The zero-order valence-electron chi connectivity index (χ0n) is 11.3. The Bertz CT molecular complexity index is 506. The van der Waals surface area contributed by atoms with Gasteiger partial charge in [-0.3, -0.25) is 4.68 Å². The van der Waals surface area contributed by atoms with E-state index in [4.69, 9.17) is 11.6 Å². The molecule has 1 aromatic heterocycles. The van der Waals surface area contributed by atoms with E-state index >= 15 is 0 Å². The van der Waals surface area contributed by atoms with Crippen LogP contribution in [0.5, 0.6) is 0 Å². The molecule has 0 fully saturated rings. The molecule has 0 aliphatic rings. The summed E-state index contributed by atoms with van der Waals surface area (Å²) in [6.07, 6.45) is 3.42. The first kappa shape index (κ1) is 14.0. The Labute approximate surface area is 118 Å². The van der Waals surface area contributed by atoms with Crippen molar-refractivity contribution in [2.75, 3.05) is 6.54 Å². The summed E-state index contributed by atoms with van der Waals surface area (Å²) in [7, 11) is 1.92. The summed E-state index contributed by atoms with van der Waals surface area (Å²) in [6, 6.07) is 8.37. The summed E-state index contributed by atoms with van der Waals surface area (Å²) < 4.78 is 1.83. The van der Waals surface area contributed by atoms with Gasteiger partial charge in [0, 0.05) is 24.5 Å². The Kier molecular flexibility index (Phi) is 4.93. The highest BCUT2D eigenvalue weighted by molar-refractivity contribution is 6.30. The third kappa shape index (κ3) is 4.04. The van der Waals surface area contributed by atoms with Crippen LogP contribution >= 0.6 is 11.6 Å². The van der Waals surface area contributed by atoms with E-state index in [2.05, 4.69) is 34.5 Å². The summed E-state index contributed by atoms with van der Waals surface area (Å²) >= 11 is 5.91. The maximum absolute atomic E-state index is 5.91. The molecule has 0 saturated carbocycles. The van der Waals surface area contributed by atoms with Gasteiger partial charge >= 0.3 is 0 Å². The molecular weight excluding hydrogens is 260 g/mol.